The monoisotopic (exact) mass is 225 g/mol. The molecule has 0 aliphatic rings. The van der Waals surface area contributed by atoms with Gasteiger partial charge in [0.1, 0.15) is 0 Å². The predicted molar refractivity (Wildman–Crippen MR) is 71.9 cm³/mol. The topological polar surface area (TPSA) is 20.3 Å². The molecule has 0 fully saturated rings. The van der Waals surface area contributed by atoms with E-state index >= 15 is 0 Å². The fourth-order valence-electron chi connectivity index (χ4n) is 1.99. The van der Waals surface area contributed by atoms with Crippen LogP contribution in [-0.2, 0) is 4.79 Å². The van der Waals surface area contributed by atoms with Gasteiger partial charge in [-0.15, -0.1) is 0 Å². The van der Waals surface area contributed by atoms with Gasteiger partial charge in [0.05, 0.1) is 0 Å². The zero-order valence-electron chi connectivity index (χ0n) is 10.1. The molecule has 0 spiro atoms. The van der Waals surface area contributed by atoms with Gasteiger partial charge in [0.25, 0.3) is 0 Å². The van der Waals surface area contributed by atoms with Crippen LogP contribution >= 0.6 is 0 Å². The molecule has 0 atom stereocenters. The lowest BCUT2D eigenvalue weighted by Gasteiger charge is -2.21. The van der Waals surface area contributed by atoms with Crippen molar-refractivity contribution in [2.24, 2.45) is 0 Å². The highest BCUT2D eigenvalue weighted by molar-refractivity contribution is 5.97. The zero-order valence-corrected chi connectivity index (χ0v) is 10.1. The number of allylic oxidation sites excluding steroid dienone is 1. The molecular formula is C15H15NO. The summed E-state index contributed by atoms with van der Waals surface area (Å²) in [6, 6.07) is 14.1. The Labute approximate surface area is 101 Å². The van der Waals surface area contributed by atoms with Crippen LogP contribution in [0.25, 0.3) is 10.8 Å². The average molecular weight is 225 g/mol. The minimum Gasteiger partial charge on any atom is -0.286 e. The molecule has 17 heavy (non-hydrogen) atoms. The Morgan fingerprint density at radius 3 is 2.29 bits per heavy atom. The fourth-order valence-corrected chi connectivity index (χ4v) is 1.99. The molecule has 0 N–H and O–H groups in total. The number of nitrogens with zero attached hydrogens (tertiary/aromatic N) is 1. The highest BCUT2D eigenvalue weighted by Gasteiger charge is 2.11. The first kappa shape index (κ1) is 11.4. The molecule has 2 nitrogen and oxygen atoms in total. The number of hydrogen-bond acceptors (Lipinski definition) is 1. The number of carbonyl (C=O) groups is 1. The Hall–Kier alpha value is -2.09. The maximum Gasteiger partial charge on any atom is 0.228 e. The summed E-state index contributed by atoms with van der Waals surface area (Å²) in [7, 11) is 0. The van der Waals surface area contributed by atoms with Crippen LogP contribution in [-0.4, -0.2) is 5.91 Å². The van der Waals surface area contributed by atoms with Crippen LogP contribution in [0.2, 0.25) is 0 Å². The summed E-state index contributed by atoms with van der Waals surface area (Å²) in [4.78, 5) is 13.2. The van der Waals surface area contributed by atoms with Crippen LogP contribution in [0.5, 0.6) is 0 Å². The third-order valence-corrected chi connectivity index (χ3v) is 2.69. The van der Waals surface area contributed by atoms with Crippen molar-refractivity contribution in [2.75, 3.05) is 4.90 Å². The summed E-state index contributed by atoms with van der Waals surface area (Å²) in [5.74, 6) is -0.0206. The second kappa shape index (κ2) is 4.42. The maximum absolute atomic E-state index is 11.6. The standard InChI is InChI=1S/C15H15NO/c1-11(2)16(12(3)17)15-9-8-13-6-4-5-7-14(13)10-15/h4-10H,1H2,2-3H3. The van der Waals surface area contributed by atoms with E-state index in [4.69, 9.17) is 0 Å². The maximum atomic E-state index is 11.6. The molecular weight excluding hydrogens is 210 g/mol. The van der Waals surface area contributed by atoms with E-state index in [-0.39, 0.29) is 5.91 Å². The van der Waals surface area contributed by atoms with Gasteiger partial charge >= 0.3 is 0 Å². The second-order valence-corrected chi connectivity index (χ2v) is 4.12. The van der Waals surface area contributed by atoms with Crippen molar-refractivity contribution in [3.8, 4) is 0 Å². The van der Waals surface area contributed by atoms with E-state index in [1.807, 2.05) is 43.3 Å². The van der Waals surface area contributed by atoms with E-state index in [9.17, 15) is 4.79 Å². The molecule has 2 rings (SSSR count). The van der Waals surface area contributed by atoms with Crippen LogP contribution in [0.3, 0.4) is 0 Å². The van der Waals surface area contributed by atoms with Crippen LogP contribution in [0.1, 0.15) is 13.8 Å². The van der Waals surface area contributed by atoms with E-state index < -0.39 is 0 Å². The normalized spacial score (nSPS) is 10.2. The molecule has 0 unspecified atom stereocenters. The van der Waals surface area contributed by atoms with Crippen molar-refractivity contribution in [1.29, 1.82) is 0 Å². The number of anilines is 1. The fraction of sp³-hybridized carbons (Fsp3) is 0.133. The van der Waals surface area contributed by atoms with E-state index in [1.165, 1.54) is 5.39 Å². The van der Waals surface area contributed by atoms with Gasteiger partial charge < -0.3 is 0 Å². The molecule has 0 aliphatic carbocycles. The minimum atomic E-state index is -0.0206. The molecule has 0 heterocycles. The van der Waals surface area contributed by atoms with Gasteiger partial charge in [0.15, 0.2) is 0 Å². The van der Waals surface area contributed by atoms with E-state index in [0.29, 0.717) is 0 Å². The van der Waals surface area contributed by atoms with Gasteiger partial charge in [-0.05, 0) is 29.8 Å². The smallest absolute Gasteiger partial charge is 0.228 e. The summed E-state index contributed by atoms with van der Waals surface area (Å²) >= 11 is 0. The summed E-state index contributed by atoms with van der Waals surface area (Å²) in [6.45, 7) is 7.21. The first-order valence-electron chi connectivity index (χ1n) is 5.54. The Morgan fingerprint density at radius 1 is 1.06 bits per heavy atom. The van der Waals surface area contributed by atoms with Gasteiger partial charge in [-0.2, -0.15) is 0 Å². The van der Waals surface area contributed by atoms with Crippen LogP contribution < -0.4 is 4.90 Å². The van der Waals surface area contributed by atoms with Gasteiger partial charge in [0, 0.05) is 18.3 Å². The number of fused-ring (bicyclic) bond motifs is 1. The number of rotatable bonds is 2. The van der Waals surface area contributed by atoms with Gasteiger partial charge in [-0.25, -0.2) is 0 Å². The SMILES string of the molecule is C=C(C)N(C(C)=O)c1ccc2ccccc2c1. The summed E-state index contributed by atoms with van der Waals surface area (Å²) < 4.78 is 0. The summed E-state index contributed by atoms with van der Waals surface area (Å²) in [5, 5.41) is 2.29. The van der Waals surface area contributed by atoms with E-state index in [0.717, 1.165) is 16.8 Å². The number of hydrogen-bond donors (Lipinski definition) is 0. The number of benzene rings is 2. The predicted octanol–water partition coefficient (Wildman–Crippen LogP) is 3.73. The van der Waals surface area contributed by atoms with E-state index in [1.54, 1.807) is 11.8 Å². The van der Waals surface area contributed by atoms with Crippen molar-refractivity contribution in [3.63, 3.8) is 0 Å². The Balaban J connectivity index is 2.55. The molecule has 0 aliphatic heterocycles. The third-order valence-electron chi connectivity index (χ3n) is 2.69. The Bertz CT molecular complexity index is 572. The largest absolute Gasteiger partial charge is 0.286 e. The van der Waals surface area contributed by atoms with Crippen molar-refractivity contribution in [1.82, 2.24) is 0 Å². The first-order valence-corrected chi connectivity index (χ1v) is 5.54. The molecule has 1 amide bonds. The molecule has 0 saturated heterocycles. The highest BCUT2D eigenvalue weighted by atomic mass is 16.2. The van der Waals surface area contributed by atoms with Gasteiger partial charge in [0.2, 0.25) is 5.91 Å². The van der Waals surface area contributed by atoms with E-state index in [2.05, 4.69) is 12.6 Å². The highest BCUT2D eigenvalue weighted by Crippen LogP contribution is 2.24. The molecule has 2 aromatic rings. The van der Waals surface area contributed by atoms with Crippen molar-refractivity contribution in [2.45, 2.75) is 13.8 Å². The van der Waals surface area contributed by atoms with Crippen molar-refractivity contribution < 1.29 is 4.79 Å². The summed E-state index contributed by atoms with van der Waals surface area (Å²) in [6.07, 6.45) is 0. The van der Waals surface area contributed by atoms with Gasteiger partial charge in [-0.1, -0.05) is 36.9 Å². The van der Waals surface area contributed by atoms with Crippen molar-refractivity contribution in [3.05, 3.63) is 54.7 Å². The Kier molecular flexibility index (Phi) is 2.96. The lowest BCUT2D eigenvalue weighted by molar-refractivity contribution is -0.116. The number of amides is 1. The lowest BCUT2D eigenvalue weighted by Crippen LogP contribution is -2.25. The molecule has 0 aromatic heterocycles. The molecule has 2 aromatic carbocycles. The second-order valence-electron chi connectivity index (χ2n) is 4.12. The Morgan fingerprint density at radius 2 is 1.71 bits per heavy atom. The van der Waals surface area contributed by atoms with Gasteiger partial charge in [-0.3, -0.25) is 9.69 Å². The van der Waals surface area contributed by atoms with Crippen LogP contribution in [0, 0.1) is 0 Å². The number of carbonyl (C=O) groups excluding carboxylic acids is 1. The minimum absolute atomic E-state index is 0.0206. The zero-order chi connectivity index (χ0) is 12.4. The molecule has 86 valence electrons. The summed E-state index contributed by atoms with van der Waals surface area (Å²) in [5.41, 5.74) is 1.59. The van der Waals surface area contributed by atoms with Crippen LogP contribution in [0.4, 0.5) is 5.69 Å². The first-order chi connectivity index (χ1) is 8.09. The van der Waals surface area contributed by atoms with Crippen molar-refractivity contribution >= 4 is 22.4 Å². The lowest BCUT2D eigenvalue weighted by atomic mass is 10.1. The molecule has 0 radical (unpaired) electrons. The molecule has 2 heteroatoms. The molecule has 0 bridgehead atoms. The quantitative estimate of drug-likeness (QED) is 0.762. The third kappa shape index (κ3) is 2.21. The molecule has 0 saturated carbocycles. The van der Waals surface area contributed by atoms with Crippen LogP contribution in [0.15, 0.2) is 54.7 Å². The average Bonchev–Trinajstić information content (AvgIpc) is 2.28.